The number of aliphatic carboxylic acids is 1. The summed E-state index contributed by atoms with van der Waals surface area (Å²) in [6.07, 6.45) is 47.1. The van der Waals surface area contributed by atoms with Gasteiger partial charge in [0.2, 0.25) is 0 Å². The molecule has 0 rings (SSSR count). The number of ether oxygens (including phenoxy) is 1. The number of esters is 1. The average Bonchev–Trinajstić information content (AvgIpc) is 3.01. The van der Waals surface area contributed by atoms with Crippen LogP contribution in [0.25, 0.3) is 0 Å². The highest BCUT2D eigenvalue weighted by Crippen LogP contribution is 2.15. The number of hydrogen-bond donors (Lipinski definition) is 1. The second-order valence-corrected chi connectivity index (χ2v) is 12.4. The summed E-state index contributed by atoms with van der Waals surface area (Å²) in [6.45, 7) is 4.47. The maximum Gasteiger partial charge on any atom is 0.306 e. The van der Waals surface area contributed by atoms with Crippen LogP contribution in [0.5, 0.6) is 0 Å². The van der Waals surface area contributed by atoms with Gasteiger partial charge in [0.15, 0.2) is 0 Å². The van der Waals surface area contributed by atoms with Gasteiger partial charge in [-0.3, -0.25) is 9.59 Å². The van der Waals surface area contributed by atoms with Crippen LogP contribution in [0, 0.1) is 0 Å². The smallest absolute Gasteiger partial charge is 0.306 e. The van der Waals surface area contributed by atoms with Crippen molar-refractivity contribution >= 4 is 11.9 Å². The molecule has 0 aliphatic heterocycles. The number of rotatable bonds is 33. The Hall–Kier alpha value is -2.10. The summed E-state index contributed by atoms with van der Waals surface area (Å²) in [5.41, 5.74) is 0. The molecule has 1 N–H and O–H groups in total. The largest absolute Gasteiger partial charge is 0.481 e. The Bertz CT molecular complexity index is 748. The van der Waals surface area contributed by atoms with Crippen LogP contribution in [-0.2, 0) is 14.3 Å². The van der Waals surface area contributed by atoms with Gasteiger partial charge in [0.05, 0.1) is 0 Å². The molecule has 0 saturated heterocycles. The summed E-state index contributed by atoms with van der Waals surface area (Å²) in [6, 6.07) is 0. The second kappa shape index (κ2) is 35.4. The third-order valence-electron chi connectivity index (χ3n) is 8.01. The summed E-state index contributed by atoms with van der Waals surface area (Å²) < 4.78 is 5.84. The molecule has 0 bridgehead atoms. The molecule has 254 valence electrons. The molecule has 0 heterocycles. The highest BCUT2D eigenvalue weighted by atomic mass is 16.5. The molecule has 0 aromatic heterocycles. The SMILES string of the molecule is CCCCC/C=C\C/C=C\CCCCCCCCCCCC(=O)OC(/C=C\C/C=C\CCCCC)CCCCCCC(=O)O. The monoisotopic (exact) mass is 615 g/mol. The molecule has 0 fully saturated rings. The summed E-state index contributed by atoms with van der Waals surface area (Å²) in [4.78, 5) is 23.2. The summed E-state index contributed by atoms with van der Waals surface area (Å²) >= 11 is 0. The zero-order valence-corrected chi connectivity index (χ0v) is 29.0. The van der Waals surface area contributed by atoms with E-state index in [1.165, 1.54) is 96.3 Å². The van der Waals surface area contributed by atoms with Gasteiger partial charge in [0, 0.05) is 12.8 Å². The number of carbonyl (C=O) groups excluding carboxylic acids is 1. The van der Waals surface area contributed by atoms with E-state index in [1.54, 1.807) is 0 Å². The first-order valence-corrected chi connectivity index (χ1v) is 18.6. The minimum Gasteiger partial charge on any atom is -0.481 e. The van der Waals surface area contributed by atoms with Crippen molar-refractivity contribution < 1.29 is 19.4 Å². The molecular formula is C40H70O4. The van der Waals surface area contributed by atoms with Crippen molar-refractivity contribution in [3.8, 4) is 0 Å². The second-order valence-electron chi connectivity index (χ2n) is 12.4. The van der Waals surface area contributed by atoms with Crippen molar-refractivity contribution in [1.29, 1.82) is 0 Å². The van der Waals surface area contributed by atoms with E-state index in [9.17, 15) is 9.59 Å². The Labute approximate surface area is 272 Å². The molecule has 0 saturated carbocycles. The Morgan fingerprint density at radius 3 is 1.48 bits per heavy atom. The van der Waals surface area contributed by atoms with E-state index >= 15 is 0 Å². The Balaban J connectivity index is 3.96. The maximum atomic E-state index is 12.5. The maximum absolute atomic E-state index is 12.5. The van der Waals surface area contributed by atoms with Gasteiger partial charge in [0.25, 0.3) is 0 Å². The van der Waals surface area contributed by atoms with E-state index < -0.39 is 5.97 Å². The van der Waals surface area contributed by atoms with Crippen LogP contribution in [0.3, 0.4) is 0 Å². The topological polar surface area (TPSA) is 63.6 Å². The number of unbranched alkanes of at least 4 members (excludes halogenated alkanes) is 18. The predicted octanol–water partition coefficient (Wildman–Crippen LogP) is 12.8. The normalized spacial score (nSPS) is 12.8. The van der Waals surface area contributed by atoms with Gasteiger partial charge < -0.3 is 9.84 Å². The van der Waals surface area contributed by atoms with Gasteiger partial charge in [-0.05, 0) is 83.1 Å². The summed E-state index contributed by atoms with van der Waals surface area (Å²) in [5.74, 6) is -0.814. The number of carbonyl (C=O) groups is 2. The fourth-order valence-electron chi connectivity index (χ4n) is 5.22. The van der Waals surface area contributed by atoms with E-state index in [-0.39, 0.29) is 18.5 Å². The van der Waals surface area contributed by atoms with Gasteiger partial charge in [-0.1, -0.05) is 140 Å². The molecule has 0 aromatic rings. The van der Waals surface area contributed by atoms with Crippen molar-refractivity contribution in [2.75, 3.05) is 0 Å². The predicted molar refractivity (Wildman–Crippen MR) is 190 cm³/mol. The first kappa shape index (κ1) is 41.9. The van der Waals surface area contributed by atoms with Crippen molar-refractivity contribution in [2.24, 2.45) is 0 Å². The van der Waals surface area contributed by atoms with Gasteiger partial charge in [-0.15, -0.1) is 0 Å². The number of carboxylic acid groups (broad SMARTS) is 1. The zero-order valence-electron chi connectivity index (χ0n) is 29.0. The lowest BCUT2D eigenvalue weighted by atomic mass is 10.1. The van der Waals surface area contributed by atoms with Crippen LogP contribution in [-0.4, -0.2) is 23.1 Å². The first-order valence-electron chi connectivity index (χ1n) is 18.6. The van der Waals surface area contributed by atoms with Crippen molar-refractivity contribution in [1.82, 2.24) is 0 Å². The zero-order chi connectivity index (χ0) is 32.2. The highest BCUT2D eigenvalue weighted by Gasteiger charge is 2.11. The van der Waals surface area contributed by atoms with E-state index in [1.807, 2.05) is 0 Å². The fraction of sp³-hybridized carbons (Fsp3) is 0.750. The Kier molecular flexibility index (Phi) is 33.7. The molecule has 4 nitrogen and oxygen atoms in total. The van der Waals surface area contributed by atoms with Crippen molar-refractivity contribution in [3.63, 3.8) is 0 Å². The van der Waals surface area contributed by atoms with Gasteiger partial charge >= 0.3 is 11.9 Å². The minimum absolute atomic E-state index is 0.0855. The third-order valence-corrected chi connectivity index (χ3v) is 8.01. The standard InChI is InChI=1S/C40H70O4/c1-3-5-7-9-11-13-14-15-16-17-18-19-20-21-22-23-25-27-33-37-40(43)44-38(35-31-28-29-32-36-39(41)42)34-30-26-24-12-10-8-6-4-2/h11-13,15-16,24,30,34,38H,3-10,14,17-23,25-29,31-33,35-37H2,1-2H3,(H,41,42)/b13-11-,16-15-,24-12-,34-30-. The molecular weight excluding hydrogens is 544 g/mol. The molecule has 0 spiro atoms. The van der Waals surface area contributed by atoms with Crippen LogP contribution in [0.15, 0.2) is 48.6 Å². The fourth-order valence-corrected chi connectivity index (χ4v) is 5.22. The third kappa shape index (κ3) is 34.4. The van der Waals surface area contributed by atoms with Crippen molar-refractivity contribution in [2.45, 2.75) is 193 Å². The summed E-state index contributed by atoms with van der Waals surface area (Å²) in [7, 11) is 0. The van der Waals surface area contributed by atoms with Gasteiger partial charge in [-0.25, -0.2) is 0 Å². The molecule has 44 heavy (non-hydrogen) atoms. The van der Waals surface area contributed by atoms with Crippen LogP contribution >= 0.6 is 0 Å². The number of carboxylic acids is 1. The molecule has 0 aromatic carbocycles. The van der Waals surface area contributed by atoms with E-state index in [2.05, 4.69) is 62.5 Å². The van der Waals surface area contributed by atoms with Crippen molar-refractivity contribution in [3.05, 3.63) is 48.6 Å². The molecule has 1 unspecified atom stereocenters. The van der Waals surface area contributed by atoms with Crippen LogP contribution < -0.4 is 0 Å². The molecule has 0 amide bonds. The van der Waals surface area contributed by atoms with E-state index in [0.717, 1.165) is 57.8 Å². The van der Waals surface area contributed by atoms with Gasteiger partial charge in [0.1, 0.15) is 6.10 Å². The molecule has 1 atom stereocenters. The van der Waals surface area contributed by atoms with E-state index in [0.29, 0.717) is 12.8 Å². The lowest BCUT2D eigenvalue weighted by Gasteiger charge is -2.14. The first-order chi connectivity index (χ1) is 21.6. The quantitative estimate of drug-likeness (QED) is 0.0454. The molecule has 4 heteroatoms. The molecule has 0 aliphatic rings. The highest BCUT2D eigenvalue weighted by molar-refractivity contribution is 5.69. The van der Waals surface area contributed by atoms with Crippen LogP contribution in [0.4, 0.5) is 0 Å². The van der Waals surface area contributed by atoms with E-state index in [4.69, 9.17) is 9.84 Å². The lowest BCUT2D eigenvalue weighted by Crippen LogP contribution is -2.16. The average molecular weight is 615 g/mol. The lowest BCUT2D eigenvalue weighted by molar-refractivity contribution is -0.147. The molecule has 0 radical (unpaired) electrons. The van der Waals surface area contributed by atoms with Gasteiger partial charge in [-0.2, -0.15) is 0 Å². The Morgan fingerprint density at radius 2 is 0.955 bits per heavy atom. The number of hydrogen-bond acceptors (Lipinski definition) is 3. The summed E-state index contributed by atoms with van der Waals surface area (Å²) in [5, 5.41) is 8.81. The van der Waals surface area contributed by atoms with Crippen LogP contribution in [0.1, 0.15) is 187 Å². The minimum atomic E-state index is -0.728. The molecule has 0 aliphatic carbocycles. The Morgan fingerprint density at radius 1 is 0.523 bits per heavy atom. The number of allylic oxidation sites excluding steroid dienone is 7. The van der Waals surface area contributed by atoms with Crippen LogP contribution in [0.2, 0.25) is 0 Å².